The van der Waals surface area contributed by atoms with Gasteiger partial charge in [0.2, 0.25) is 0 Å². The standard InChI is InChI=1S/C23H26N2O/c1-14-12-20(18-10-7-11-19(18)23(14)26)21(13-17-8-5-4-6-9-17)22-15(2)24-25-16(22)3/h4-6,8-9,12,21,26H,7,10-11,13H2,1-3H3,(H,24,25). The normalized spacial score (nSPS) is 14.4. The maximum Gasteiger partial charge on any atom is 0.121 e. The van der Waals surface area contributed by atoms with E-state index >= 15 is 0 Å². The zero-order valence-corrected chi connectivity index (χ0v) is 15.8. The Balaban J connectivity index is 1.90. The Morgan fingerprint density at radius 3 is 2.50 bits per heavy atom. The van der Waals surface area contributed by atoms with Crippen LogP contribution in [0.25, 0.3) is 0 Å². The molecule has 0 radical (unpaired) electrons. The van der Waals surface area contributed by atoms with Crippen molar-refractivity contribution in [2.45, 2.75) is 52.4 Å². The van der Waals surface area contributed by atoms with E-state index in [0.29, 0.717) is 5.75 Å². The minimum Gasteiger partial charge on any atom is -0.507 e. The Hall–Kier alpha value is -2.55. The lowest BCUT2D eigenvalue weighted by Crippen LogP contribution is -2.11. The molecule has 1 aromatic heterocycles. The molecule has 0 amide bonds. The first-order valence-electron chi connectivity index (χ1n) is 9.46. The number of phenols is 1. The molecular formula is C23H26N2O. The maximum atomic E-state index is 10.5. The van der Waals surface area contributed by atoms with E-state index in [0.717, 1.165) is 48.2 Å². The number of aryl methyl sites for hydroxylation is 3. The fraction of sp³-hybridized carbons (Fsp3) is 0.348. The molecule has 3 aromatic rings. The largest absolute Gasteiger partial charge is 0.507 e. The van der Waals surface area contributed by atoms with Crippen molar-refractivity contribution in [3.8, 4) is 5.75 Å². The van der Waals surface area contributed by atoms with Gasteiger partial charge in [-0.05, 0) is 74.3 Å². The third kappa shape index (κ3) is 2.82. The average Bonchev–Trinajstić information content (AvgIpc) is 3.25. The molecule has 0 fully saturated rings. The van der Waals surface area contributed by atoms with Crippen molar-refractivity contribution in [3.05, 3.63) is 81.2 Å². The molecule has 3 nitrogen and oxygen atoms in total. The lowest BCUT2D eigenvalue weighted by molar-refractivity contribution is 0.464. The van der Waals surface area contributed by atoms with Crippen molar-refractivity contribution < 1.29 is 5.11 Å². The van der Waals surface area contributed by atoms with Crippen molar-refractivity contribution in [1.82, 2.24) is 10.2 Å². The van der Waals surface area contributed by atoms with Crippen LogP contribution < -0.4 is 0 Å². The van der Waals surface area contributed by atoms with Crippen LogP contribution in [0.1, 0.15) is 57.1 Å². The third-order valence-electron chi connectivity index (χ3n) is 5.79. The molecule has 1 atom stereocenters. The molecule has 134 valence electrons. The van der Waals surface area contributed by atoms with Crippen LogP contribution in [0.3, 0.4) is 0 Å². The minimum atomic E-state index is 0.252. The van der Waals surface area contributed by atoms with Gasteiger partial charge >= 0.3 is 0 Å². The van der Waals surface area contributed by atoms with Gasteiger partial charge in [0.05, 0.1) is 5.69 Å². The minimum absolute atomic E-state index is 0.252. The molecule has 1 aliphatic rings. The molecule has 0 spiro atoms. The summed E-state index contributed by atoms with van der Waals surface area (Å²) in [5, 5.41) is 18.2. The fourth-order valence-electron chi connectivity index (χ4n) is 4.55. The summed E-state index contributed by atoms with van der Waals surface area (Å²) in [4.78, 5) is 0. The number of hydrogen-bond acceptors (Lipinski definition) is 2. The van der Waals surface area contributed by atoms with Crippen molar-refractivity contribution in [2.75, 3.05) is 0 Å². The Bertz CT molecular complexity index is 921. The first-order chi connectivity index (χ1) is 12.6. The van der Waals surface area contributed by atoms with Crippen molar-refractivity contribution in [3.63, 3.8) is 0 Å². The highest BCUT2D eigenvalue weighted by Crippen LogP contribution is 2.42. The van der Waals surface area contributed by atoms with Crippen LogP contribution in [0.4, 0.5) is 0 Å². The molecule has 0 aliphatic heterocycles. The lowest BCUT2D eigenvalue weighted by Gasteiger charge is -2.23. The number of aromatic hydroxyl groups is 1. The van der Waals surface area contributed by atoms with Gasteiger partial charge in [-0.2, -0.15) is 5.10 Å². The van der Waals surface area contributed by atoms with Gasteiger partial charge in [0.15, 0.2) is 0 Å². The number of aromatic nitrogens is 2. The van der Waals surface area contributed by atoms with Crippen LogP contribution in [-0.4, -0.2) is 15.3 Å². The number of rotatable bonds is 4. The van der Waals surface area contributed by atoms with Crippen molar-refractivity contribution >= 4 is 0 Å². The highest BCUT2D eigenvalue weighted by molar-refractivity contribution is 5.55. The zero-order valence-electron chi connectivity index (χ0n) is 15.8. The Kier molecular flexibility index (Phi) is 4.31. The second kappa shape index (κ2) is 6.64. The van der Waals surface area contributed by atoms with Gasteiger partial charge in [0, 0.05) is 17.2 Å². The van der Waals surface area contributed by atoms with Crippen LogP contribution in [0.15, 0.2) is 36.4 Å². The van der Waals surface area contributed by atoms with Crippen molar-refractivity contribution in [1.29, 1.82) is 0 Å². The number of fused-ring (bicyclic) bond motifs is 1. The molecule has 4 rings (SSSR count). The quantitative estimate of drug-likeness (QED) is 0.705. The van der Waals surface area contributed by atoms with Crippen LogP contribution in [-0.2, 0) is 19.3 Å². The Labute approximate surface area is 155 Å². The number of hydrogen-bond donors (Lipinski definition) is 2. The van der Waals surface area contributed by atoms with E-state index in [1.165, 1.54) is 22.3 Å². The monoisotopic (exact) mass is 346 g/mol. The smallest absolute Gasteiger partial charge is 0.121 e. The molecule has 1 aliphatic carbocycles. The summed E-state index contributed by atoms with van der Waals surface area (Å²) in [7, 11) is 0. The predicted molar refractivity (Wildman–Crippen MR) is 105 cm³/mol. The van der Waals surface area contributed by atoms with Crippen LogP contribution in [0.5, 0.6) is 5.75 Å². The molecule has 0 saturated carbocycles. The summed E-state index contributed by atoms with van der Waals surface area (Å²) in [6, 6.07) is 12.9. The lowest BCUT2D eigenvalue weighted by atomic mass is 9.81. The molecule has 1 heterocycles. The number of nitrogens with one attached hydrogen (secondary N) is 1. The molecule has 26 heavy (non-hydrogen) atoms. The van der Waals surface area contributed by atoms with E-state index in [2.05, 4.69) is 60.4 Å². The fourth-order valence-corrected chi connectivity index (χ4v) is 4.55. The van der Waals surface area contributed by atoms with Crippen LogP contribution in [0, 0.1) is 20.8 Å². The number of nitrogens with zero attached hydrogens (tertiary/aromatic N) is 1. The van der Waals surface area contributed by atoms with E-state index in [-0.39, 0.29) is 5.92 Å². The van der Waals surface area contributed by atoms with E-state index in [1.807, 2.05) is 6.92 Å². The second-order valence-electron chi connectivity index (χ2n) is 7.53. The number of H-pyrrole nitrogens is 1. The molecule has 1 unspecified atom stereocenters. The molecule has 2 aromatic carbocycles. The van der Waals surface area contributed by atoms with Gasteiger partial charge in [-0.25, -0.2) is 0 Å². The van der Waals surface area contributed by atoms with E-state index in [4.69, 9.17) is 0 Å². The topological polar surface area (TPSA) is 48.9 Å². The third-order valence-corrected chi connectivity index (χ3v) is 5.79. The number of phenolic OH excluding ortho intramolecular Hbond substituents is 1. The summed E-state index contributed by atoms with van der Waals surface area (Å²) in [6.07, 6.45) is 4.11. The van der Waals surface area contributed by atoms with E-state index < -0.39 is 0 Å². The van der Waals surface area contributed by atoms with E-state index in [1.54, 1.807) is 0 Å². The van der Waals surface area contributed by atoms with Gasteiger partial charge in [-0.3, -0.25) is 5.10 Å². The van der Waals surface area contributed by atoms with Gasteiger partial charge in [-0.1, -0.05) is 36.4 Å². The second-order valence-corrected chi connectivity index (χ2v) is 7.53. The highest BCUT2D eigenvalue weighted by atomic mass is 16.3. The molecular weight excluding hydrogens is 320 g/mol. The summed E-state index contributed by atoms with van der Waals surface area (Å²) < 4.78 is 0. The predicted octanol–water partition coefficient (Wildman–Crippen LogP) is 4.90. The average molecular weight is 346 g/mol. The maximum absolute atomic E-state index is 10.5. The Morgan fingerprint density at radius 2 is 1.81 bits per heavy atom. The Morgan fingerprint density at radius 1 is 1.08 bits per heavy atom. The number of aromatic amines is 1. The summed E-state index contributed by atoms with van der Waals surface area (Å²) in [6.45, 7) is 6.22. The first-order valence-corrected chi connectivity index (χ1v) is 9.46. The van der Waals surface area contributed by atoms with E-state index in [9.17, 15) is 5.11 Å². The molecule has 0 saturated heterocycles. The van der Waals surface area contributed by atoms with Gasteiger partial charge in [0.1, 0.15) is 5.75 Å². The summed E-state index contributed by atoms with van der Waals surface area (Å²) in [5.41, 5.74) is 9.71. The number of benzene rings is 2. The molecule has 3 heteroatoms. The van der Waals surface area contributed by atoms with Gasteiger partial charge in [-0.15, -0.1) is 0 Å². The van der Waals surface area contributed by atoms with Crippen LogP contribution in [0.2, 0.25) is 0 Å². The zero-order chi connectivity index (χ0) is 18.3. The van der Waals surface area contributed by atoms with Gasteiger partial charge in [0.25, 0.3) is 0 Å². The summed E-state index contributed by atoms with van der Waals surface area (Å²) in [5.74, 6) is 0.752. The molecule has 0 bridgehead atoms. The van der Waals surface area contributed by atoms with Crippen LogP contribution >= 0.6 is 0 Å². The molecule has 2 N–H and O–H groups in total. The SMILES string of the molecule is Cc1cc(C(Cc2ccccc2)c2c(C)n[nH]c2C)c2c(c1O)CCC2. The first kappa shape index (κ1) is 16.9. The highest BCUT2D eigenvalue weighted by Gasteiger charge is 2.28. The summed E-state index contributed by atoms with van der Waals surface area (Å²) >= 11 is 0. The van der Waals surface area contributed by atoms with Crippen molar-refractivity contribution in [2.24, 2.45) is 0 Å². The van der Waals surface area contributed by atoms with Gasteiger partial charge < -0.3 is 5.11 Å².